The molecule has 29 heavy (non-hydrogen) atoms. The maximum absolute atomic E-state index is 9.44. The molecule has 146 valence electrons. The van der Waals surface area contributed by atoms with Gasteiger partial charge in [0.2, 0.25) is 0 Å². The van der Waals surface area contributed by atoms with Crippen LogP contribution in [0.1, 0.15) is 31.1 Å². The first-order valence-corrected chi connectivity index (χ1v) is 10.6. The van der Waals surface area contributed by atoms with Crippen LogP contribution in [0.25, 0.3) is 33.2 Å². The van der Waals surface area contributed by atoms with Gasteiger partial charge in [-0.15, -0.1) is 0 Å². The summed E-state index contributed by atoms with van der Waals surface area (Å²) in [7, 11) is 4.22. The van der Waals surface area contributed by atoms with Crippen molar-refractivity contribution in [1.82, 2.24) is 14.9 Å². The van der Waals surface area contributed by atoms with E-state index >= 15 is 0 Å². The topological polar surface area (TPSA) is 55.7 Å². The summed E-state index contributed by atoms with van der Waals surface area (Å²) < 4.78 is 0. The predicted molar refractivity (Wildman–Crippen MR) is 121 cm³/mol. The van der Waals surface area contributed by atoms with Gasteiger partial charge in [-0.2, -0.15) is 16.6 Å². The van der Waals surface area contributed by atoms with Gasteiger partial charge >= 0.3 is 0 Å². The number of fused-ring (bicyclic) bond motifs is 1. The summed E-state index contributed by atoms with van der Waals surface area (Å²) in [5.74, 6) is 0.417. The molecule has 0 spiro atoms. The fourth-order valence-corrected chi connectivity index (χ4v) is 4.83. The Bertz CT molecular complexity index is 1170. The Labute approximate surface area is 175 Å². The molecular weight excluding hydrogens is 376 g/mol. The van der Waals surface area contributed by atoms with Crippen LogP contribution in [0.4, 0.5) is 0 Å². The quantitative estimate of drug-likeness (QED) is 0.441. The van der Waals surface area contributed by atoms with E-state index in [1.165, 1.54) is 11.3 Å². The van der Waals surface area contributed by atoms with Crippen molar-refractivity contribution >= 4 is 22.2 Å². The number of benzene rings is 1. The first-order chi connectivity index (χ1) is 14.0. The fourth-order valence-electron chi connectivity index (χ4n) is 4.17. The Morgan fingerprint density at radius 3 is 2.52 bits per heavy atom. The van der Waals surface area contributed by atoms with Gasteiger partial charge in [0.15, 0.2) is 0 Å². The Morgan fingerprint density at radius 2 is 1.86 bits per heavy atom. The van der Waals surface area contributed by atoms with E-state index in [9.17, 15) is 5.26 Å². The highest BCUT2D eigenvalue weighted by Crippen LogP contribution is 2.40. The van der Waals surface area contributed by atoms with Crippen LogP contribution < -0.4 is 0 Å². The van der Waals surface area contributed by atoms with Crippen molar-refractivity contribution in [2.24, 2.45) is 5.92 Å². The smallest absolute Gasteiger partial charge is 0.0991 e. The van der Waals surface area contributed by atoms with Crippen LogP contribution in [0.5, 0.6) is 0 Å². The van der Waals surface area contributed by atoms with Crippen molar-refractivity contribution in [3.63, 3.8) is 0 Å². The van der Waals surface area contributed by atoms with Crippen LogP contribution in [0.15, 0.2) is 53.5 Å². The van der Waals surface area contributed by atoms with Gasteiger partial charge in [0.25, 0.3) is 0 Å². The number of hydrogen-bond donors (Lipinski definition) is 1. The highest BCUT2D eigenvalue weighted by Gasteiger charge is 2.26. The molecule has 0 bridgehead atoms. The Balaban J connectivity index is 2.00. The molecule has 0 aliphatic rings. The second-order valence-electron chi connectivity index (χ2n) is 7.91. The summed E-state index contributed by atoms with van der Waals surface area (Å²) in [6, 6.07) is 12.7. The first-order valence-electron chi connectivity index (χ1n) is 9.69. The number of hydrogen-bond acceptors (Lipinski definition) is 4. The molecular formula is C24H24N4S. The van der Waals surface area contributed by atoms with Crippen LogP contribution >= 0.6 is 11.3 Å². The predicted octanol–water partition coefficient (Wildman–Crippen LogP) is 6.09. The number of pyridine rings is 1. The molecule has 0 aliphatic heterocycles. The lowest BCUT2D eigenvalue weighted by molar-refractivity contribution is 0.232. The lowest BCUT2D eigenvalue weighted by Crippen LogP contribution is -2.25. The van der Waals surface area contributed by atoms with Gasteiger partial charge in [0.05, 0.1) is 17.7 Å². The van der Waals surface area contributed by atoms with Gasteiger partial charge in [-0.05, 0) is 66.7 Å². The molecule has 3 aromatic heterocycles. The van der Waals surface area contributed by atoms with Gasteiger partial charge in [-0.3, -0.25) is 4.98 Å². The number of thiophene rings is 1. The van der Waals surface area contributed by atoms with Crippen molar-refractivity contribution in [2.75, 3.05) is 14.1 Å². The second-order valence-corrected chi connectivity index (χ2v) is 8.69. The fraction of sp³-hybridized carbons (Fsp3) is 0.250. The van der Waals surface area contributed by atoms with Crippen LogP contribution in [-0.2, 0) is 0 Å². The van der Waals surface area contributed by atoms with E-state index in [0.717, 1.165) is 27.6 Å². The lowest BCUT2D eigenvalue weighted by Gasteiger charge is -2.28. The normalized spacial score (nSPS) is 12.6. The molecule has 5 heteroatoms. The average molecular weight is 401 g/mol. The number of H-pyrrole nitrogens is 1. The highest BCUT2D eigenvalue weighted by atomic mass is 32.1. The van der Waals surface area contributed by atoms with E-state index in [-0.39, 0.29) is 6.04 Å². The maximum Gasteiger partial charge on any atom is 0.0991 e. The minimum atomic E-state index is 0.215. The molecule has 0 saturated carbocycles. The first kappa shape index (κ1) is 19.4. The standard InChI is InChI=1S/C24H24N4S/c1-15(2)24(28(3)4)23-22(20-9-16(11-25)5-6-21(20)27-23)19-10-18(12-26-13-19)17-7-8-29-14-17/h5-10,12-15,24,27H,1-4H3. The van der Waals surface area contributed by atoms with E-state index < -0.39 is 0 Å². The molecule has 0 fully saturated rings. The number of rotatable bonds is 5. The van der Waals surface area contributed by atoms with E-state index in [4.69, 9.17) is 0 Å². The van der Waals surface area contributed by atoms with E-state index in [1.807, 2.05) is 30.6 Å². The number of nitrogens with one attached hydrogen (secondary N) is 1. The number of nitrogens with zero attached hydrogens (tertiary/aromatic N) is 3. The zero-order valence-corrected chi connectivity index (χ0v) is 17.9. The average Bonchev–Trinajstić information content (AvgIpc) is 3.35. The van der Waals surface area contributed by atoms with Crippen molar-refractivity contribution in [3.05, 3.63) is 64.7 Å². The molecule has 4 aromatic rings. The van der Waals surface area contributed by atoms with Crippen molar-refractivity contribution < 1.29 is 0 Å². The maximum atomic E-state index is 9.44. The van der Waals surface area contributed by atoms with Gasteiger partial charge in [0.1, 0.15) is 0 Å². The number of aromatic nitrogens is 2. The summed E-state index contributed by atoms with van der Waals surface area (Å²) in [6.07, 6.45) is 3.83. The molecule has 0 saturated heterocycles. The minimum Gasteiger partial charge on any atom is -0.357 e. The third kappa shape index (κ3) is 3.57. The SMILES string of the molecule is CC(C)C(c1[nH]c2ccc(C#N)cc2c1-c1cncc(-c2ccsc2)c1)N(C)C. The minimum absolute atomic E-state index is 0.215. The van der Waals surface area contributed by atoms with Gasteiger partial charge < -0.3 is 9.88 Å². The number of aromatic amines is 1. The Morgan fingerprint density at radius 1 is 1.07 bits per heavy atom. The monoisotopic (exact) mass is 400 g/mol. The summed E-state index contributed by atoms with van der Waals surface area (Å²) in [5.41, 5.74) is 7.36. The summed E-state index contributed by atoms with van der Waals surface area (Å²) in [4.78, 5) is 10.5. The molecule has 3 heterocycles. The third-order valence-electron chi connectivity index (χ3n) is 5.32. The van der Waals surface area contributed by atoms with Crippen molar-refractivity contribution in [2.45, 2.75) is 19.9 Å². The van der Waals surface area contributed by atoms with Crippen molar-refractivity contribution in [3.8, 4) is 28.3 Å². The second kappa shape index (κ2) is 7.82. The summed E-state index contributed by atoms with van der Waals surface area (Å²) in [5, 5.41) is 14.7. The van der Waals surface area contributed by atoms with Gasteiger partial charge in [-0.1, -0.05) is 13.8 Å². The van der Waals surface area contributed by atoms with E-state index in [0.29, 0.717) is 11.5 Å². The summed E-state index contributed by atoms with van der Waals surface area (Å²) >= 11 is 1.68. The van der Waals surface area contributed by atoms with Crippen LogP contribution in [-0.4, -0.2) is 29.0 Å². The zero-order valence-electron chi connectivity index (χ0n) is 17.1. The van der Waals surface area contributed by atoms with Crippen LogP contribution in [0, 0.1) is 17.2 Å². The zero-order chi connectivity index (χ0) is 20.5. The molecule has 1 aromatic carbocycles. The molecule has 1 atom stereocenters. The van der Waals surface area contributed by atoms with Gasteiger partial charge in [0, 0.05) is 45.7 Å². The molecule has 1 unspecified atom stereocenters. The molecule has 0 aliphatic carbocycles. The molecule has 1 N–H and O–H groups in total. The highest BCUT2D eigenvalue weighted by molar-refractivity contribution is 7.08. The van der Waals surface area contributed by atoms with Crippen molar-refractivity contribution in [1.29, 1.82) is 5.26 Å². The van der Waals surface area contributed by atoms with Crippen LogP contribution in [0.2, 0.25) is 0 Å². The third-order valence-corrected chi connectivity index (χ3v) is 6.00. The largest absolute Gasteiger partial charge is 0.357 e. The summed E-state index contributed by atoms with van der Waals surface area (Å²) in [6.45, 7) is 4.47. The van der Waals surface area contributed by atoms with Gasteiger partial charge in [-0.25, -0.2) is 0 Å². The molecule has 0 amide bonds. The lowest BCUT2D eigenvalue weighted by atomic mass is 9.92. The Hall–Kier alpha value is -2.94. The van der Waals surface area contributed by atoms with Crippen LogP contribution in [0.3, 0.4) is 0 Å². The van der Waals surface area contributed by atoms with E-state index in [2.05, 4.69) is 71.8 Å². The molecule has 0 radical (unpaired) electrons. The molecule has 4 rings (SSSR count). The molecule has 4 nitrogen and oxygen atoms in total. The number of nitriles is 1. The Kier molecular flexibility index (Phi) is 5.23. The van der Waals surface area contributed by atoms with E-state index in [1.54, 1.807) is 11.3 Å².